The van der Waals surface area contributed by atoms with Crippen LogP contribution in [0.15, 0.2) is 71.6 Å². The molecule has 0 spiro atoms. The Balaban J connectivity index is 2.01. The van der Waals surface area contributed by atoms with Gasteiger partial charge < -0.3 is 9.47 Å². The molecule has 0 aliphatic rings. The molecule has 4 aromatic rings. The lowest BCUT2D eigenvalue weighted by Crippen LogP contribution is -2.14. The second kappa shape index (κ2) is 9.43. The summed E-state index contributed by atoms with van der Waals surface area (Å²) in [5.74, 6) is 0.427. The summed E-state index contributed by atoms with van der Waals surface area (Å²) in [6.07, 6.45) is 3.32. The molecule has 1 aromatic heterocycles. The first kappa shape index (κ1) is 23.7. The van der Waals surface area contributed by atoms with Gasteiger partial charge in [-0.1, -0.05) is 36.4 Å². The van der Waals surface area contributed by atoms with E-state index >= 15 is 0 Å². The lowest BCUT2D eigenvalue weighted by Gasteiger charge is -2.11. The number of nitro benzene ring substituents is 1. The van der Waals surface area contributed by atoms with Crippen LogP contribution in [0.4, 0.5) is 5.69 Å². The van der Waals surface area contributed by atoms with Gasteiger partial charge in [0.25, 0.3) is 15.7 Å². The first-order chi connectivity index (χ1) is 16.8. The molecule has 0 saturated heterocycles. The summed E-state index contributed by atoms with van der Waals surface area (Å²) in [7, 11) is -1.36. The van der Waals surface area contributed by atoms with Crippen molar-refractivity contribution in [1.29, 1.82) is 0 Å². The van der Waals surface area contributed by atoms with Crippen molar-refractivity contribution in [3.63, 3.8) is 0 Å². The number of rotatable bonds is 8. The van der Waals surface area contributed by atoms with E-state index in [1.807, 2.05) is 0 Å². The van der Waals surface area contributed by atoms with Gasteiger partial charge in [-0.15, -0.1) is 0 Å². The number of carbonyl (C=O) groups excluding carboxylic acids is 1. The highest BCUT2D eigenvalue weighted by Crippen LogP contribution is 2.36. The molecule has 10 heteroatoms. The van der Waals surface area contributed by atoms with E-state index in [0.29, 0.717) is 17.2 Å². The topological polar surface area (TPSA) is 118 Å². The number of methoxy groups -OCH3 is 2. The van der Waals surface area contributed by atoms with Crippen LogP contribution in [-0.4, -0.2) is 37.8 Å². The second-order valence-electron chi connectivity index (χ2n) is 7.37. The predicted octanol–water partition coefficient (Wildman–Crippen LogP) is 4.79. The van der Waals surface area contributed by atoms with Crippen molar-refractivity contribution >= 4 is 45.1 Å². The molecule has 0 aliphatic heterocycles. The van der Waals surface area contributed by atoms with Crippen molar-refractivity contribution in [3.8, 4) is 11.5 Å². The van der Waals surface area contributed by atoms with Crippen molar-refractivity contribution < 1.29 is 27.6 Å². The fraction of sp³-hybridized carbons (Fsp3) is 0.0800. The van der Waals surface area contributed by atoms with E-state index in [1.165, 1.54) is 50.6 Å². The SMILES string of the molecule is COc1cc(/C=C/c2c(C=O)c3ccccc3n2S(=O)(=O)c2ccccc2)c([N+](=O)[O-])cc1OC. The molecule has 178 valence electrons. The van der Waals surface area contributed by atoms with Crippen LogP contribution in [-0.2, 0) is 10.0 Å². The Kier molecular flexibility index (Phi) is 6.39. The van der Waals surface area contributed by atoms with Crippen LogP contribution in [0.2, 0.25) is 0 Å². The van der Waals surface area contributed by atoms with Crippen LogP contribution >= 0.6 is 0 Å². The molecule has 0 N–H and O–H groups in total. The summed E-state index contributed by atoms with van der Waals surface area (Å²) in [6, 6.07) is 17.0. The highest BCUT2D eigenvalue weighted by molar-refractivity contribution is 7.90. The van der Waals surface area contributed by atoms with Gasteiger partial charge in [-0.25, -0.2) is 12.4 Å². The number of fused-ring (bicyclic) bond motifs is 1. The lowest BCUT2D eigenvalue weighted by atomic mass is 10.1. The standard InChI is InChI=1S/C25H20N2O7S/c1-33-24-14-17(23(27(29)30)15-25(24)34-2)12-13-22-20(16-28)19-10-6-7-11-21(19)26(22)35(31,32)18-8-4-3-5-9-18/h3-16H,1-2H3/b13-12+. The molecule has 9 nitrogen and oxygen atoms in total. The quantitative estimate of drug-likeness (QED) is 0.197. The molecule has 4 rings (SSSR count). The smallest absolute Gasteiger partial charge is 0.280 e. The van der Waals surface area contributed by atoms with E-state index in [0.717, 1.165) is 3.97 Å². The van der Waals surface area contributed by atoms with Gasteiger partial charge in [-0.05, 0) is 36.4 Å². The van der Waals surface area contributed by atoms with Crippen molar-refractivity contribution in [2.75, 3.05) is 14.2 Å². The minimum atomic E-state index is -4.11. The van der Waals surface area contributed by atoms with E-state index in [-0.39, 0.29) is 38.9 Å². The maximum atomic E-state index is 13.6. The van der Waals surface area contributed by atoms with E-state index in [1.54, 1.807) is 42.5 Å². The predicted molar refractivity (Wildman–Crippen MR) is 131 cm³/mol. The Morgan fingerprint density at radius 3 is 2.17 bits per heavy atom. The monoisotopic (exact) mass is 492 g/mol. The first-order valence-electron chi connectivity index (χ1n) is 10.3. The number of benzene rings is 3. The molecule has 1 heterocycles. The van der Waals surface area contributed by atoms with Crippen molar-refractivity contribution in [2.24, 2.45) is 0 Å². The van der Waals surface area contributed by atoms with E-state index < -0.39 is 14.9 Å². The summed E-state index contributed by atoms with van der Waals surface area (Å²) in [6.45, 7) is 0. The Labute approximate surface area is 201 Å². The molecule has 0 atom stereocenters. The van der Waals surface area contributed by atoms with E-state index in [4.69, 9.17) is 9.47 Å². The third kappa shape index (κ3) is 4.15. The maximum Gasteiger partial charge on any atom is 0.280 e. The largest absolute Gasteiger partial charge is 0.493 e. The first-order valence-corrected chi connectivity index (χ1v) is 11.7. The number of para-hydroxylation sites is 1. The van der Waals surface area contributed by atoms with Crippen LogP contribution < -0.4 is 9.47 Å². The summed E-state index contributed by atoms with van der Waals surface area (Å²) >= 11 is 0. The van der Waals surface area contributed by atoms with Gasteiger partial charge in [0.1, 0.15) is 0 Å². The molecular weight excluding hydrogens is 472 g/mol. The fourth-order valence-electron chi connectivity index (χ4n) is 3.84. The Morgan fingerprint density at radius 2 is 1.54 bits per heavy atom. The molecule has 0 amide bonds. The summed E-state index contributed by atoms with van der Waals surface area (Å²) in [5, 5.41) is 12.1. The third-order valence-corrected chi connectivity index (χ3v) is 7.20. The molecule has 0 aliphatic carbocycles. The summed E-state index contributed by atoms with van der Waals surface area (Å²) < 4.78 is 38.8. The van der Waals surface area contributed by atoms with Crippen LogP contribution in [0.25, 0.3) is 23.1 Å². The molecule has 35 heavy (non-hydrogen) atoms. The Bertz CT molecular complexity index is 1570. The Morgan fingerprint density at radius 1 is 0.914 bits per heavy atom. The molecule has 0 radical (unpaired) electrons. The van der Waals surface area contributed by atoms with Gasteiger partial charge in [0.05, 0.1) is 46.9 Å². The summed E-state index contributed by atoms with van der Waals surface area (Å²) in [4.78, 5) is 23.2. The maximum absolute atomic E-state index is 13.6. The van der Waals surface area contributed by atoms with Crippen molar-refractivity contribution in [1.82, 2.24) is 3.97 Å². The number of hydrogen-bond acceptors (Lipinski definition) is 7. The van der Waals surface area contributed by atoms with Crippen molar-refractivity contribution in [2.45, 2.75) is 4.90 Å². The average Bonchev–Trinajstić information content (AvgIpc) is 3.21. The highest BCUT2D eigenvalue weighted by atomic mass is 32.2. The molecule has 3 aromatic carbocycles. The van der Waals surface area contributed by atoms with Gasteiger partial charge in [0.2, 0.25) is 0 Å². The number of hydrogen-bond donors (Lipinski definition) is 0. The van der Waals surface area contributed by atoms with Gasteiger partial charge in [0.15, 0.2) is 17.8 Å². The minimum Gasteiger partial charge on any atom is -0.493 e. The Hall–Kier alpha value is -4.44. The van der Waals surface area contributed by atoms with Gasteiger partial charge >= 0.3 is 0 Å². The molecular formula is C25H20N2O7S. The molecule has 0 unspecified atom stereocenters. The number of ether oxygens (including phenoxy) is 2. The zero-order chi connectivity index (χ0) is 25.2. The van der Waals surface area contributed by atoms with E-state index in [2.05, 4.69) is 0 Å². The molecule has 0 saturated carbocycles. The molecule has 0 bridgehead atoms. The second-order valence-corrected chi connectivity index (χ2v) is 9.16. The normalized spacial score (nSPS) is 11.6. The van der Waals surface area contributed by atoms with Gasteiger partial charge in [-0.3, -0.25) is 14.9 Å². The summed E-state index contributed by atoms with van der Waals surface area (Å²) in [5.41, 5.74) is 0.368. The third-order valence-electron chi connectivity index (χ3n) is 5.46. The molecule has 0 fully saturated rings. The number of nitro groups is 1. The van der Waals surface area contributed by atoms with Crippen LogP contribution in [0.3, 0.4) is 0 Å². The van der Waals surface area contributed by atoms with Gasteiger partial charge in [-0.2, -0.15) is 0 Å². The number of aldehydes is 1. The highest BCUT2D eigenvalue weighted by Gasteiger charge is 2.26. The average molecular weight is 493 g/mol. The van der Waals surface area contributed by atoms with Crippen LogP contribution in [0.1, 0.15) is 21.6 Å². The van der Waals surface area contributed by atoms with Crippen LogP contribution in [0, 0.1) is 10.1 Å². The van der Waals surface area contributed by atoms with Crippen molar-refractivity contribution in [3.05, 3.63) is 93.7 Å². The number of aromatic nitrogens is 1. The lowest BCUT2D eigenvalue weighted by molar-refractivity contribution is -0.385. The zero-order valence-electron chi connectivity index (χ0n) is 18.7. The minimum absolute atomic E-state index is 0.0324. The fourth-order valence-corrected chi connectivity index (χ4v) is 5.39. The zero-order valence-corrected chi connectivity index (χ0v) is 19.6. The number of carbonyl (C=O) groups is 1. The number of nitrogens with zero attached hydrogens (tertiary/aromatic N) is 2. The van der Waals surface area contributed by atoms with Crippen LogP contribution in [0.5, 0.6) is 11.5 Å². The van der Waals surface area contributed by atoms with Gasteiger partial charge in [0, 0.05) is 10.9 Å². The van der Waals surface area contributed by atoms with E-state index in [9.17, 15) is 23.3 Å².